The van der Waals surface area contributed by atoms with Crippen molar-refractivity contribution in [3.63, 3.8) is 0 Å². The topological polar surface area (TPSA) is 84.3 Å². The van der Waals surface area contributed by atoms with Gasteiger partial charge in [-0.1, -0.05) is 12.1 Å². The number of ketones is 1. The number of carbonyl (C=O) groups excluding carboxylic acids is 3. The van der Waals surface area contributed by atoms with Crippen molar-refractivity contribution >= 4 is 29.0 Å². The highest BCUT2D eigenvalue weighted by molar-refractivity contribution is 6.47. The van der Waals surface area contributed by atoms with Gasteiger partial charge in [0.1, 0.15) is 0 Å². The molecular formula is C24H21F3N4O3. The van der Waals surface area contributed by atoms with E-state index in [1.54, 1.807) is 29.2 Å². The minimum Gasteiger partial charge on any atom is -0.319 e. The molecular weight excluding hydrogens is 449 g/mol. The number of amides is 2. The van der Waals surface area contributed by atoms with E-state index in [1.807, 2.05) is 0 Å². The third-order valence-corrected chi connectivity index (χ3v) is 5.63. The lowest BCUT2D eigenvalue weighted by atomic mass is 10.1. The summed E-state index contributed by atoms with van der Waals surface area (Å²) in [5.41, 5.74) is 0.714. The molecule has 1 aliphatic rings. The molecule has 1 saturated heterocycles. The van der Waals surface area contributed by atoms with Crippen LogP contribution in [0.1, 0.15) is 40.2 Å². The molecule has 3 aromatic rings. The Morgan fingerprint density at radius 3 is 2.41 bits per heavy atom. The lowest BCUT2D eigenvalue weighted by Crippen LogP contribution is -2.25. The summed E-state index contributed by atoms with van der Waals surface area (Å²) < 4.78 is 40.5. The predicted octanol–water partition coefficient (Wildman–Crippen LogP) is 4.46. The number of aromatic nitrogens is 2. The van der Waals surface area contributed by atoms with Crippen molar-refractivity contribution in [1.82, 2.24) is 9.78 Å². The molecule has 0 atom stereocenters. The van der Waals surface area contributed by atoms with Gasteiger partial charge in [-0.15, -0.1) is 0 Å². The predicted molar refractivity (Wildman–Crippen MR) is 119 cm³/mol. The number of alkyl halides is 3. The Balaban J connectivity index is 1.58. The molecule has 7 nitrogen and oxygen atoms in total. The third kappa shape index (κ3) is 4.43. The molecule has 0 aliphatic carbocycles. The summed E-state index contributed by atoms with van der Waals surface area (Å²) in [5.74, 6) is -1.79. The molecule has 1 N–H and O–H groups in total. The second kappa shape index (κ2) is 8.77. The Kier molecular flexibility index (Phi) is 5.99. The first-order valence-electron chi connectivity index (χ1n) is 10.6. The first kappa shape index (κ1) is 23.2. The quantitative estimate of drug-likeness (QED) is 0.441. The van der Waals surface area contributed by atoms with Gasteiger partial charge in [-0.25, -0.2) is 4.68 Å². The molecule has 1 aromatic heterocycles. The molecule has 0 bridgehead atoms. The zero-order valence-electron chi connectivity index (χ0n) is 18.4. The molecule has 0 saturated carbocycles. The fraction of sp³-hybridized carbons (Fsp3) is 0.250. The van der Waals surface area contributed by atoms with Gasteiger partial charge in [0.2, 0.25) is 5.91 Å². The number of carbonyl (C=O) groups is 3. The highest BCUT2D eigenvalue weighted by Gasteiger charge is 2.31. The van der Waals surface area contributed by atoms with E-state index in [-0.39, 0.29) is 28.5 Å². The minimum atomic E-state index is -4.53. The van der Waals surface area contributed by atoms with E-state index in [0.29, 0.717) is 24.3 Å². The summed E-state index contributed by atoms with van der Waals surface area (Å²) in [4.78, 5) is 39.3. The maximum atomic E-state index is 13.1. The first-order chi connectivity index (χ1) is 16.1. The number of anilines is 2. The van der Waals surface area contributed by atoms with Gasteiger partial charge >= 0.3 is 6.18 Å². The van der Waals surface area contributed by atoms with Gasteiger partial charge in [0.15, 0.2) is 0 Å². The van der Waals surface area contributed by atoms with Gasteiger partial charge < -0.3 is 10.2 Å². The van der Waals surface area contributed by atoms with E-state index < -0.39 is 23.4 Å². The molecule has 1 fully saturated rings. The number of aryl methyl sites for hydroxylation is 1. The number of nitrogens with one attached hydrogen (secondary N) is 1. The molecule has 4 rings (SSSR count). The lowest BCUT2D eigenvalue weighted by molar-refractivity contribution is -0.137. The average molecular weight is 470 g/mol. The Morgan fingerprint density at radius 2 is 1.74 bits per heavy atom. The SMILES string of the molecule is Cc1nn(-c2cccc(C(F)(F)F)c2)c(C)c1C(=O)C(=O)Nc1cccc(N2CCCC2=O)c1. The highest BCUT2D eigenvalue weighted by Crippen LogP contribution is 2.31. The van der Waals surface area contributed by atoms with Gasteiger partial charge in [0.05, 0.1) is 28.2 Å². The van der Waals surface area contributed by atoms with E-state index in [2.05, 4.69) is 10.4 Å². The molecule has 2 amide bonds. The number of Topliss-reactive ketones (excluding diaryl/α,β-unsaturated/α-hetero) is 1. The Hall–Kier alpha value is -3.95. The van der Waals surface area contributed by atoms with Gasteiger partial charge in [-0.05, 0) is 56.7 Å². The van der Waals surface area contributed by atoms with E-state index in [4.69, 9.17) is 0 Å². The van der Waals surface area contributed by atoms with E-state index >= 15 is 0 Å². The summed E-state index contributed by atoms with van der Waals surface area (Å²) in [6.07, 6.45) is -3.31. The maximum absolute atomic E-state index is 13.1. The van der Waals surface area contributed by atoms with Crippen molar-refractivity contribution in [2.75, 3.05) is 16.8 Å². The Morgan fingerprint density at radius 1 is 1.03 bits per heavy atom. The van der Waals surface area contributed by atoms with Crippen molar-refractivity contribution in [1.29, 1.82) is 0 Å². The fourth-order valence-electron chi connectivity index (χ4n) is 4.01. The van der Waals surface area contributed by atoms with Gasteiger partial charge in [-0.3, -0.25) is 14.4 Å². The first-order valence-corrected chi connectivity index (χ1v) is 10.6. The van der Waals surface area contributed by atoms with Crippen LogP contribution in [-0.2, 0) is 15.8 Å². The van der Waals surface area contributed by atoms with Crippen LogP contribution in [0, 0.1) is 13.8 Å². The van der Waals surface area contributed by atoms with Gasteiger partial charge in [-0.2, -0.15) is 18.3 Å². The highest BCUT2D eigenvalue weighted by atomic mass is 19.4. The molecule has 0 spiro atoms. The van der Waals surface area contributed by atoms with E-state index in [9.17, 15) is 27.6 Å². The number of halogens is 3. The average Bonchev–Trinajstić information content (AvgIpc) is 3.35. The van der Waals surface area contributed by atoms with Crippen LogP contribution in [0.25, 0.3) is 5.69 Å². The van der Waals surface area contributed by atoms with Crippen LogP contribution in [0.2, 0.25) is 0 Å². The molecule has 10 heteroatoms. The number of rotatable bonds is 5. The molecule has 2 aromatic carbocycles. The van der Waals surface area contributed by atoms with Gasteiger partial charge in [0, 0.05) is 24.3 Å². The van der Waals surface area contributed by atoms with Crippen molar-refractivity contribution < 1.29 is 27.6 Å². The van der Waals surface area contributed by atoms with Crippen LogP contribution in [-0.4, -0.2) is 33.9 Å². The van der Waals surface area contributed by atoms with E-state index in [1.165, 1.54) is 30.7 Å². The number of hydrogen-bond acceptors (Lipinski definition) is 4. The lowest BCUT2D eigenvalue weighted by Gasteiger charge is -2.16. The standard InChI is InChI=1S/C24H21F3N4O3/c1-14-21(15(2)31(29-14)19-9-3-6-16(12-19)24(25,26)27)22(33)23(34)28-17-7-4-8-18(13-17)30-11-5-10-20(30)32/h3-4,6-9,12-13H,5,10-11H2,1-2H3,(H,28,34). The second-order valence-corrected chi connectivity index (χ2v) is 7.99. The zero-order valence-corrected chi connectivity index (χ0v) is 18.4. The minimum absolute atomic E-state index is 0.00666. The smallest absolute Gasteiger partial charge is 0.319 e. The second-order valence-electron chi connectivity index (χ2n) is 7.99. The van der Waals surface area contributed by atoms with Crippen molar-refractivity contribution in [2.24, 2.45) is 0 Å². The molecule has 34 heavy (non-hydrogen) atoms. The van der Waals surface area contributed by atoms with Gasteiger partial charge in [0.25, 0.3) is 11.7 Å². The number of nitrogens with zero attached hydrogens (tertiary/aromatic N) is 3. The monoisotopic (exact) mass is 470 g/mol. The Bertz CT molecular complexity index is 1300. The van der Waals surface area contributed by atoms with Crippen LogP contribution in [0.15, 0.2) is 48.5 Å². The zero-order chi connectivity index (χ0) is 24.6. The molecule has 0 radical (unpaired) electrons. The van der Waals surface area contributed by atoms with Crippen molar-refractivity contribution in [2.45, 2.75) is 32.9 Å². The van der Waals surface area contributed by atoms with Crippen LogP contribution in [0.3, 0.4) is 0 Å². The molecule has 2 heterocycles. The largest absolute Gasteiger partial charge is 0.416 e. The van der Waals surface area contributed by atoms with Crippen LogP contribution in [0.5, 0.6) is 0 Å². The summed E-state index contributed by atoms with van der Waals surface area (Å²) in [6, 6.07) is 11.2. The van der Waals surface area contributed by atoms with Crippen LogP contribution >= 0.6 is 0 Å². The molecule has 0 unspecified atom stereocenters. The van der Waals surface area contributed by atoms with Crippen LogP contribution < -0.4 is 10.2 Å². The number of hydrogen-bond donors (Lipinski definition) is 1. The van der Waals surface area contributed by atoms with E-state index in [0.717, 1.165) is 18.6 Å². The molecule has 1 aliphatic heterocycles. The summed E-state index contributed by atoms with van der Waals surface area (Å²) in [5, 5.41) is 6.73. The normalized spacial score (nSPS) is 13.9. The fourth-order valence-corrected chi connectivity index (χ4v) is 4.01. The summed E-state index contributed by atoms with van der Waals surface area (Å²) in [6.45, 7) is 3.61. The molecule has 176 valence electrons. The summed E-state index contributed by atoms with van der Waals surface area (Å²) in [7, 11) is 0. The summed E-state index contributed by atoms with van der Waals surface area (Å²) >= 11 is 0. The van der Waals surface area contributed by atoms with Crippen molar-refractivity contribution in [3.8, 4) is 5.69 Å². The van der Waals surface area contributed by atoms with Crippen LogP contribution in [0.4, 0.5) is 24.5 Å². The van der Waals surface area contributed by atoms with Crippen molar-refractivity contribution in [3.05, 3.63) is 71.0 Å². The maximum Gasteiger partial charge on any atom is 0.416 e. The number of benzene rings is 2. The Labute approximate surface area is 193 Å². The third-order valence-electron chi connectivity index (χ3n) is 5.63.